The Morgan fingerprint density at radius 3 is 2.95 bits per heavy atom. The van der Waals surface area contributed by atoms with Gasteiger partial charge in [0.15, 0.2) is 0 Å². The minimum atomic E-state index is -0.359. The number of rotatable bonds is 3. The van der Waals surface area contributed by atoms with Crippen LogP contribution < -0.4 is 10.2 Å². The van der Waals surface area contributed by atoms with E-state index in [2.05, 4.69) is 27.0 Å². The summed E-state index contributed by atoms with van der Waals surface area (Å²) in [6.45, 7) is 5.24. The minimum absolute atomic E-state index is 0.0883. The smallest absolute Gasteiger partial charge is 0.276 e. The molecular weight excluding hydrogens is 270 g/mol. The summed E-state index contributed by atoms with van der Waals surface area (Å²) >= 11 is 0. The van der Waals surface area contributed by atoms with Gasteiger partial charge in [-0.1, -0.05) is 0 Å². The molecule has 0 amide bonds. The highest BCUT2D eigenvalue weighted by atomic mass is 16.6. The lowest BCUT2D eigenvalue weighted by molar-refractivity contribution is -0.384. The molecule has 1 N–H and O–H groups in total. The van der Waals surface area contributed by atoms with E-state index in [-0.39, 0.29) is 10.6 Å². The molecule has 2 saturated heterocycles. The molecule has 0 saturated carbocycles. The quantitative estimate of drug-likeness (QED) is 0.675. The number of fused-ring (bicyclic) bond motifs is 1. The van der Waals surface area contributed by atoms with Crippen molar-refractivity contribution in [3.05, 3.63) is 22.2 Å². The summed E-state index contributed by atoms with van der Waals surface area (Å²) in [5.41, 5.74) is 0.0883. The van der Waals surface area contributed by atoms with Crippen molar-refractivity contribution in [1.29, 1.82) is 0 Å². The number of nitro groups is 1. The van der Waals surface area contributed by atoms with Crippen molar-refractivity contribution in [1.82, 2.24) is 9.88 Å². The molecule has 114 valence electrons. The van der Waals surface area contributed by atoms with Crippen LogP contribution in [-0.2, 0) is 0 Å². The van der Waals surface area contributed by atoms with Gasteiger partial charge in [0.05, 0.1) is 17.1 Å². The van der Waals surface area contributed by atoms with Crippen LogP contribution in [0.25, 0.3) is 0 Å². The molecule has 2 aliphatic rings. The molecular formula is C14H21N5O2. The SMILES string of the molecule is CNc1cc([N+](=O)[O-])cc(N2CC3CCCN3CC2C)n1. The number of nitrogens with zero attached hydrogens (tertiary/aromatic N) is 4. The second-order valence-electron chi connectivity index (χ2n) is 5.87. The Hall–Kier alpha value is -1.89. The second kappa shape index (κ2) is 5.48. The number of hydrogen-bond donors (Lipinski definition) is 1. The first-order valence-corrected chi connectivity index (χ1v) is 7.43. The maximum atomic E-state index is 11.1. The Morgan fingerprint density at radius 1 is 1.43 bits per heavy atom. The molecule has 0 bridgehead atoms. The number of hydrogen-bond acceptors (Lipinski definition) is 6. The number of nitrogens with one attached hydrogen (secondary N) is 1. The van der Waals surface area contributed by atoms with Crippen LogP contribution in [0.3, 0.4) is 0 Å². The van der Waals surface area contributed by atoms with Crippen molar-refractivity contribution < 1.29 is 4.92 Å². The fraction of sp³-hybridized carbons (Fsp3) is 0.643. The van der Waals surface area contributed by atoms with Crippen LogP contribution in [0.2, 0.25) is 0 Å². The van der Waals surface area contributed by atoms with Crippen LogP contribution in [0, 0.1) is 10.1 Å². The number of aromatic nitrogens is 1. The van der Waals surface area contributed by atoms with Gasteiger partial charge in [0.1, 0.15) is 11.6 Å². The molecule has 2 atom stereocenters. The maximum Gasteiger partial charge on any atom is 0.276 e. The van der Waals surface area contributed by atoms with Crippen molar-refractivity contribution in [2.24, 2.45) is 0 Å². The first kappa shape index (κ1) is 14.1. The molecule has 2 fully saturated rings. The van der Waals surface area contributed by atoms with Crippen LogP contribution >= 0.6 is 0 Å². The molecule has 0 aromatic carbocycles. The van der Waals surface area contributed by atoms with Crippen molar-refractivity contribution in [2.45, 2.75) is 31.8 Å². The van der Waals surface area contributed by atoms with Crippen molar-refractivity contribution >= 4 is 17.3 Å². The third-order valence-electron chi connectivity index (χ3n) is 4.50. The zero-order valence-corrected chi connectivity index (χ0v) is 12.5. The summed E-state index contributed by atoms with van der Waals surface area (Å²) in [5.74, 6) is 1.24. The van der Waals surface area contributed by atoms with Gasteiger partial charge in [0.2, 0.25) is 0 Å². The molecule has 7 heteroatoms. The molecule has 0 radical (unpaired) electrons. The van der Waals surface area contributed by atoms with Gasteiger partial charge in [-0.15, -0.1) is 0 Å². The third-order valence-corrected chi connectivity index (χ3v) is 4.50. The Kier molecular flexibility index (Phi) is 3.67. The van der Waals surface area contributed by atoms with E-state index < -0.39 is 0 Å². The lowest BCUT2D eigenvalue weighted by Gasteiger charge is -2.43. The number of pyridine rings is 1. The normalized spacial score (nSPS) is 25.7. The van der Waals surface area contributed by atoms with Crippen molar-refractivity contribution in [3.8, 4) is 0 Å². The van der Waals surface area contributed by atoms with Crippen LogP contribution in [0.5, 0.6) is 0 Å². The van der Waals surface area contributed by atoms with Gasteiger partial charge in [-0.2, -0.15) is 0 Å². The minimum Gasteiger partial charge on any atom is -0.373 e. The Labute approximate surface area is 124 Å². The highest BCUT2D eigenvalue weighted by Gasteiger charge is 2.35. The maximum absolute atomic E-state index is 11.1. The first-order chi connectivity index (χ1) is 10.1. The van der Waals surface area contributed by atoms with Gasteiger partial charge in [-0.25, -0.2) is 4.98 Å². The molecule has 1 aromatic heterocycles. The van der Waals surface area contributed by atoms with Gasteiger partial charge in [0, 0.05) is 32.2 Å². The molecule has 2 unspecified atom stereocenters. The van der Waals surface area contributed by atoms with E-state index in [1.807, 2.05) is 0 Å². The summed E-state index contributed by atoms with van der Waals surface area (Å²) in [4.78, 5) is 20.0. The van der Waals surface area contributed by atoms with E-state index >= 15 is 0 Å². The Balaban J connectivity index is 1.91. The van der Waals surface area contributed by atoms with E-state index in [1.165, 1.54) is 25.5 Å². The second-order valence-corrected chi connectivity index (χ2v) is 5.87. The lowest BCUT2D eigenvalue weighted by Crippen LogP contribution is -2.55. The summed E-state index contributed by atoms with van der Waals surface area (Å²) in [6, 6.07) is 3.93. The molecule has 7 nitrogen and oxygen atoms in total. The van der Waals surface area contributed by atoms with Crippen molar-refractivity contribution in [3.63, 3.8) is 0 Å². The monoisotopic (exact) mass is 291 g/mol. The van der Waals surface area contributed by atoms with E-state index in [0.717, 1.165) is 13.1 Å². The zero-order chi connectivity index (χ0) is 15.0. The molecule has 21 heavy (non-hydrogen) atoms. The summed E-state index contributed by atoms with van der Waals surface area (Å²) in [7, 11) is 1.73. The number of piperazine rings is 1. The van der Waals surface area contributed by atoms with Crippen LogP contribution in [-0.4, -0.2) is 53.6 Å². The topological polar surface area (TPSA) is 74.5 Å². The summed E-state index contributed by atoms with van der Waals surface area (Å²) in [6.07, 6.45) is 2.45. The van der Waals surface area contributed by atoms with Crippen LogP contribution in [0.4, 0.5) is 17.3 Å². The van der Waals surface area contributed by atoms with E-state index in [1.54, 1.807) is 13.1 Å². The number of anilines is 2. The predicted molar refractivity (Wildman–Crippen MR) is 81.8 cm³/mol. The molecule has 0 aliphatic carbocycles. The van der Waals surface area contributed by atoms with E-state index in [4.69, 9.17) is 0 Å². The van der Waals surface area contributed by atoms with Crippen LogP contribution in [0.15, 0.2) is 12.1 Å². The van der Waals surface area contributed by atoms with E-state index in [9.17, 15) is 10.1 Å². The Bertz CT molecular complexity index is 550. The van der Waals surface area contributed by atoms with Gasteiger partial charge >= 0.3 is 0 Å². The molecule has 0 spiro atoms. The van der Waals surface area contributed by atoms with Gasteiger partial charge in [0.25, 0.3) is 5.69 Å². The molecule has 3 rings (SSSR count). The average molecular weight is 291 g/mol. The standard InChI is InChI=1S/C14H21N5O2/c1-10-8-17-5-3-4-11(17)9-18(10)14-7-12(19(20)21)6-13(15-2)16-14/h6-7,10-11H,3-5,8-9H2,1-2H3,(H,15,16). The lowest BCUT2D eigenvalue weighted by atomic mass is 10.1. The van der Waals surface area contributed by atoms with Crippen LogP contribution in [0.1, 0.15) is 19.8 Å². The predicted octanol–water partition coefficient (Wildman–Crippen LogP) is 1.70. The Morgan fingerprint density at radius 2 is 2.24 bits per heavy atom. The van der Waals surface area contributed by atoms with E-state index in [0.29, 0.717) is 23.7 Å². The third kappa shape index (κ3) is 2.65. The molecule has 2 aliphatic heterocycles. The largest absolute Gasteiger partial charge is 0.373 e. The molecule has 1 aromatic rings. The highest BCUT2D eigenvalue weighted by molar-refractivity contribution is 5.56. The first-order valence-electron chi connectivity index (χ1n) is 7.43. The summed E-state index contributed by atoms with van der Waals surface area (Å²) < 4.78 is 0. The fourth-order valence-electron chi connectivity index (χ4n) is 3.39. The average Bonchev–Trinajstić information content (AvgIpc) is 2.92. The van der Waals surface area contributed by atoms with Gasteiger partial charge in [-0.3, -0.25) is 15.0 Å². The molecule has 3 heterocycles. The highest BCUT2D eigenvalue weighted by Crippen LogP contribution is 2.30. The van der Waals surface area contributed by atoms with Crippen molar-refractivity contribution in [2.75, 3.05) is 36.9 Å². The fourth-order valence-corrected chi connectivity index (χ4v) is 3.39. The summed E-state index contributed by atoms with van der Waals surface area (Å²) in [5, 5.41) is 14.0. The van der Waals surface area contributed by atoms with Gasteiger partial charge in [-0.05, 0) is 26.3 Å². The zero-order valence-electron chi connectivity index (χ0n) is 12.5. The van der Waals surface area contributed by atoms with Gasteiger partial charge < -0.3 is 10.2 Å².